The van der Waals surface area contributed by atoms with Crippen molar-refractivity contribution in [1.82, 2.24) is 5.32 Å². The number of nitrogens with one attached hydrogen (secondary N) is 1. The maximum atomic E-state index is 13.3. The molecule has 108 valence electrons. The van der Waals surface area contributed by atoms with Crippen LogP contribution in [0.1, 0.15) is 24.8 Å². The SMILES string of the molecule is Cl.NCCCCNC(=O)CCc1cccc(F)c1F. The van der Waals surface area contributed by atoms with E-state index in [0.29, 0.717) is 13.1 Å². The Morgan fingerprint density at radius 3 is 2.68 bits per heavy atom. The van der Waals surface area contributed by atoms with Crippen molar-refractivity contribution in [3.05, 3.63) is 35.4 Å². The fraction of sp³-hybridized carbons (Fsp3) is 0.462. The molecule has 0 fully saturated rings. The summed E-state index contributed by atoms with van der Waals surface area (Å²) >= 11 is 0. The largest absolute Gasteiger partial charge is 0.356 e. The third-order valence-electron chi connectivity index (χ3n) is 2.61. The molecule has 0 aliphatic heterocycles. The topological polar surface area (TPSA) is 55.1 Å². The molecule has 1 rings (SSSR count). The van der Waals surface area contributed by atoms with Crippen LogP contribution in [0.3, 0.4) is 0 Å². The number of carbonyl (C=O) groups excluding carboxylic acids is 1. The molecule has 0 aromatic heterocycles. The number of unbranched alkanes of at least 4 members (excludes halogenated alkanes) is 1. The van der Waals surface area contributed by atoms with Gasteiger partial charge in [-0.15, -0.1) is 12.4 Å². The molecule has 6 heteroatoms. The van der Waals surface area contributed by atoms with Gasteiger partial charge in [0.25, 0.3) is 0 Å². The summed E-state index contributed by atoms with van der Waals surface area (Å²) in [4.78, 5) is 11.4. The molecule has 3 nitrogen and oxygen atoms in total. The molecule has 0 spiro atoms. The van der Waals surface area contributed by atoms with Crippen molar-refractivity contribution in [2.24, 2.45) is 5.73 Å². The van der Waals surface area contributed by atoms with Gasteiger partial charge in [0.1, 0.15) is 0 Å². The predicted octanol–water partition coefficient (Wildman–Crippen LogP) is 2.17. The molecule has 19 heavy (non-hydrogen) atoms. The minimum atomic E-state index is -0.879. The highest BCUT2D eigenvalue weighted by atomic mass is 35.5. The summed E-state index contributed by atoms with van der Waals surface area (Å²) < 4.78 is 26.2. The van der Waals surface area contributed by atoms with E-state index in [1.54, 1.807) is 0 Å². The van der Waals surface area contributed by atoms with Crippen molar-refractivity contribution in [1.29, 1.82) is 0 Å². The van der Waals surface area contributed by atoms with Crippen LogP contribution < -0.4 is 11.1 Å². The highest BCUT2D eigenvalue weighted by Gasteiger charge is 2.09. The van der Waals surface area contributed by atoms with E-state index >= 15 is 0 Å². The molecule has 0 unspecified atom stereocenters. The smallest absolute Gasteiger partial charge is 0.220 e. The number of nitrogens with two attached hydrogens (primary N) is 1. The average Bonchev–Trinajstić information content (AvgIpc) is 2.36. The normalized spacial score (nSPS) is 9.84. The molecule has 1 amide bonds. The molecule has 0 radical (unpaired) electrons. The zero-order chi connectivity index (χ0) is 13.4. The van der Waals surface area contributed by atoms with Gasteiger partial charge in [0.15, 0.2) is 11.6 Å². The molecule has 0 atom stereocenters. The molecule has 1 aromatic carbocycles. The Kier molecular flexibility index (Phi) is 9.08. The molecule has 0 aliphatic carbocycles. The summed E-state index contributed by atoms with van der Waals surface area (Å²) in [5.74, 6) is -1.90. The standard InChI is InChI=1S/C13H18F2N2O.ClH/c14-11-5-3-4-10(13(11)15)6-7-12(18)17-9-2-1-8-16;/h3-5H,1-2,6-9,16H2,(H,17,18);1H. The second kappa shape index (κ2) is 9.69. The van der Waals surface area contributed by atoms with Gasteiger partial charge in [0, 0.05) is 13.0 Å². The van der Waals surface area contributed by atoms with Crippen LogP contribution in [0.25, 0.3) is 0 Å². The van der Waals surface area contributed by atoms with Gasteiger partial charge in [0.05, 0.1) is 0 Å². The lowest BCUT2D eigenvalue weighted by molar-refractivity contribution is -0.121. The first kappa shape index (κ1) is 17.8. The van der Waals surface area contributed by atoms with Crippen molar-refractivity contribution < 1.29 is 13.6 Å². The van der Waals surface area contributed by atoms with E-state index in [9.17, 15) is 13.6 Å². The van der Waals surface area contributed by atoms with Gasteiger partial charge >= 0.3 is 0 Å². The molecule has 1 aromatic rings. The third-order valence-corrected chi connectivity index (χ3v) is 2.61. The second-order valence-electron chi connectivity index (χ2n) is 4.06. The minimum absolute atomic E-state index is 0. The molecule has 0 saturated heterocycles. The zero-order valence-electron chi connectivity index (χ0n) is 10.6. The first-order chi connectivity index (χ1) is 8.65. The highest BCUT2D eigenvalue weighted by Crippen LogP contribution is 2.12. The monoisotopic (exact) mass is 292 g/mol. The lowest BCUT2D eigenvalue weighted by atomic mass is 10.1. The number of hydrogen-bond acceptors (Lipinski definition) is 2. The Morgan fingerprint density at radius 1 is 1.26 bits per heavy atom. The van der Waals surface area contributed by atoms with Crippen molar-refractivity contribution in [2.75, 3.05) is 13.1 Å². The number of amides is 1. The maximum Gasteiger partial charge on any atom is 0.220 e. The fourth-order valence-electron chi connectivity index (χ4n) is 1.58. The van der Waals surface area contributed by atoms with Crippen LogP contribution in [-0.4, -0.2) is 19.0 Å². The van der Waals surface area contributed by atoms with Gasteiger partial charge in [-0.2, -0.15) is 0 Å². The van der Waals surface area contributed by atoms with Gasteiger partial charge < -0.3 is 11.1 Å². The van der Waals surface area contributed by atoms with Crippen molar-refractivity contribution in [2.45, 2.75) is 25.7 Å². The van der Waals surface area contributed by atoms with Crippen LogP contribution in [-0.2, 0) is 11.2 Å². The lowest BCUT2D eigenvalue weighted by Gasteiger charge is -2.06. The van der Waals surface area contributed by atoms with Crippen molar-refractivity contribution in [3.8, 4) is 0 Å². The van der Waals surface area contributed by atoms with E-state index in [0.717, 1.165) is 18.9 Å². The van der Waals surface area contributed by atoms with Crippen LogP contribution in [0.15, 0.2) is 18.2 Å². The van der Waals surface area contributed by atoms with E-state index in [1.165, 1.54) is 12.1 Å². The number of aryl methyl sites for hydroxylation is 1. The molecule has 0 saturated carbocycles. The number of hydrogen-bond donors (Lipinski definition) is 2. The Hall–Kier alpha value is -1.20. The summed E-state index contributed by atoms with van der Waals surface area (Å²) in [7, 11) is 0. The molecular weight excluding hydrogens is 274 g/mol. The van der Waals surface area contributed by atoms with Crippen LogP contribution in [0.4, 0.5) is 8.78 Å². The second-order valence-corrected chi connectivity index (χ2v) is 4.06. The highest BCUT2D eigenvalue weighted by molar-refractivity contribution is 5.85. The molecule has 3 N–H and O–H groups in total. The Balaban J connectivity index is 0.00000324. The van der Waals surface area contributed by atoms with E-state index in [1.807, 2.05) is 0 Å². The first-order valence-electron chi connectivity index (χ1n) is 6.05. The summed E-state index contributed by atoms with van der Waals surface area (Å²) in [6, 6.07) is 3.98. The molecule has 0 aliphatic rings. The predicted molar refractivity (Wildman–Crippen MR) is 73.2 cm³/mol. The summed E-state index contributed by atoms with van der Waals surface area (Å²) in [6.07, 6.45) is 2.05. The fourth-order valence-corrected chi connectivity index (χ4v) is 1.58. The number of benzene rings is 1. The molecular formula is C13H19ClF2N2O. The Labute approximate surface area is 118 Å². The van der Waals surface area contributed by atoms with Crippen LogP contribution >= 0.6 is 12.4 Å². The third kappa shape index (κ3) is 6.50. The van der Waals surface area contributed by atoms with Gasteiger partial charge in [-0.3, -0.25) is 4.79 Å². The summed E-state index contributed by atoms with van der Waals surface area (Å²) in [6.45, 7) is 1.17. The number of halogens is 3. The van der Waals surface area contributed by atoms with E-state index in [-0.39, 0.29) is 36.7 Å². The van der Waals surface area contributed by atoms with Gasteiger partial charge in [-0.25, -0.2) is 8.78 Å². The van der Waals surface area contributed by atoms with Crippen molar-refractivity contribution in [3.63, 3.8) is 0 Å². The maximum absolute atomic E-state index is 13.3. The van der Waals surface area contributed by atoms with Crippen LogP contribution in [0, 0.1) is 11.6 Å². The lowest BCUT2D eigenvalue weighted by Crippen LogP contribution is -2.25. The van der Waals surface area contributed by atoms with Gasteiger partial charge in [0.2, 0.25) is 5.91 Å². The molecule has 0 bridgehead atoms. The van der Waals surface area contributed by atoms with Crippen molar-refractivity contribution >= 4 is 18.3 Å². The number of rotatable bonds is 7. The van der Waals surface area contributed by atoms with Crippen LogP contribution in [0.2, 0.25) is 0 Å². The first-order valence-corrected chi connectivity index (χ1v) is 6.05. The summed E-state index contributed by atoms with van der Waals surface area (Å²) in [5.41, 5.74) is 5.55. The van der Waals surface area contributed by atoms with Gasteiger partial charge in [-0.1, -0.05) is 12.1 Å². The zero-order valence-corrected chi connectivity index (χ0v) is 11.4. The van der Waals surface area contributed by atoms with E-state index in [4.69, 9.17) is 5.73 Å². The average molecular weight is 293 g/mol. The molecule has 0 heterocycles. The van der Waals surface area contributed by atoms with E-state index in [2.05, 4.69) is 5.32 Å². The van der Waals surface area contributed by atoms with E-state index < -0.39 is 11.6 Å². The minimum Gasteiger partial charge on any atom is -0.356 e. The quantitative estimate of drug-likeness (QED) is 0.757. The Morgan fingerprint density at radius 2 is 2.00 bits per heavy atom. The summed E-state index contributed by atoms with van der Waals surface area (Å²) in [5, 5.41) is 2.71. The van der Waals surface area contributed by atoms with Crippen LogP contribution in [0.5, 0.6) is 0 Å². The number of carbonyl (C=O) groups is 1. The van der Waals surface area contributed by atoms with Gasteiger partial charge in [-0.05, 0) is 37.4 Å². The Bertz CT molecular complexity index is 402.